The van der Waals surface area contributed by atoms with Crippen LogP contribution in [0.4, 0.5) is 0 Å². The van der Waals surface area contributed by atoms with Gasteiger partial charge in [0.2, 0.25) is 5.91 Å². The average molecular weight is 305 g/mol. The highest BCUT2D eigenvalue weighted by Gasteiger charge is 2.32. The van der Waals surface area contributed by atoms with Crippen molar-refractivity contribution in [2.45, 2.75) is 12.6 Å². The van der Waals surface area contributed by atoms with Crippen molar-refractivity contribution in [3.05, 3.63) is 53.1 Å². The molecular weight excluding hydrogens is 288 g/mol. The molecule has 1 aliphatic heterocycles. The Kier molecular flexibility index (Phi) is 3.94. The summed E-state index contributed by atoms with van der Waals surface area (Å²) in [7, 11) is 1.96. The standard InChI is InChI=1S/C15H17ClN4O/c1-19-8-6-17-13(19)10-20-9-7-18-15(21)14(20)11-4-2-3-5-12(11)16/h2-6,8,14H,7,9-10H2,1H3,(H,18,21). The molecule has 1 aliphatic rings. The van der Waals surface area contributed by atoms with E-state index in [-0.39, 0.29) is 11.9 Å². The minimum atomic E-state index is -0.371. The Morgan fingerprint density at radius 2 is 2.24 bits per heavy atom. The largest absolute Gasteiger partial charge is 0.353 e. The third kappa shape index (κ3) is 2.80. The molecule has 1 amide bonds. The Morgan fingerprint density at radius 1 is 1.43 bits per heavy atom. The zero-order valence-corrected chi connectivity index (χ0v) is 12.5. The van der Waals surface area contributed by atoms with Gasteiger partial charge in [0.15, 0.2) is 0 Å². The molecule has 5 nitrogen and oxygen atoms in total. The number of benzene rings is 1. The first-order valence-electron chi connectivity index (χ1n) is 6.89. The molecule has 0 aliphatic carbocycles. The van der Waals surface area contributed by atoms with Gasteiger partial charge in [-0.15, -0.1) is 0 Å². The number of piperazine rings is 1. The van der Waals surface area contributed by atoms with E-state index in [2.05, 4.69) is 15.2 Å². The Balaban J connectivity index is 1.92. The lowest BCUT2D eigenvalue weighted by Crippen LogP contribution is -2.49. The molecule has 0 bridgehead atoms. The number of aryl methyl sites for hydroxylation is 1. The quantitative estimate of drug-likeness (QED) is 0.940. The maximum Gasteiger partial charge on any atom is 0.242 e. The number of hydrogen-bond acceptors (Lipinski definition) is 3. The van der Waals surface area contributed by atoms with Crippen molar-refractivity contribution in [2.75, 3.05) is 13.1 Å². The van der Waals surface area contributed by atoms with E-state index >= 15 is 0 Å². The number of hydrogen-bond donors (Lipinski definition) is 1. The van der Waals surface area contributed by atoms with Gasteiger partial charge in [-0.1, -0.05) is 29.8 Å². The van der Waals surface area contributed by atoms with E-state index in [9.17, 15) is 4.79 Å². The van der Waals surface area contributed by atoms with Gasteiger partial charge in [0.1, 0.15) is 11.9 Å². The second-order valence-electron chi connectivity index (χ2n) is 5.14. The number of imidazole rings is 1. The molecule has 0 saturated carbocycles. The van der Waals surface area contributed by atoms with Gasteiger partial charge in [0.05, 0.1) is 6.54 Å². The normalized spacial score (nSPS) is 19.5. The zero-order valence-electron chi connectivity index (χ0n) is 11.8. The number of carbonyl (C=O) groups excluding carboxylic acids is 1. The summed E-state index contributed by atoms with van der Waals surface area (Å²) in [4.78, 5) is 18.8. The molecule has 2 heterocycles. The van der Waals surface area contributed by atoms with Gasteiger partial charge in [-0.2, -0.15) is 0 Å². The van der Waals surface area contributed by atoms with E-state index in [1.807, 2.05) is 42.1 Å². The summed E-state index contributed by atoms with van der Waals surface area (Å²) in [5, 5.41) is 3.53. The van der Waals surface area contributed by atoms with Gasteiger partial charge < -0.3 is 9.88 Å². The summed E-state index contributed by atoms with van der Waals surface area (Å²) in [6, 6.07) is 7.13. The number of carbonyl (C=O) groups is 1. The molecule has 1 unspecified atom stereocenters. The van der Waals surface area contributed by atoms with Crippen molar-refractivity contribution in [2.24, 2.45) is 7.05 Å². The molecule has 2 aromatic rings. The highest BCUT2D eigenvalue weighted by atomic mass is 35.5. The molecule has 0 spiro atoms. The van der Waals surface area contributed by atoms with Gasteiger partial charge in [0.25, 0.3) is 0 Å². The fourth-order valence-electron chi connectivity index (χ4n) is 2.65. The fraction of sp³-hybridized carbons (Fsp3) is 0.333. The highest BCUT2D eigenvalue weighted by molar-refractivity contribution is 6.31. The lowest BCUT2D eigenvalue weighted by Gasteiger charge is -2.35. The van der Waals surface area contributed by atoms with Gasteiger partial charge in [-0.25, -0.2) is 4.98 Å². The van der Waals surface area contributed by atoms with Crippen LogP contribution in [0.25, 0.3) is 0 Å². The molecule has 1 N–H and O–H groups in total. The summed E-state index contributed by atoms with van der Waals surface area (Å²) >= 11 is 6.27. The Bertz CT molecular complexity index is 655. The van der Waals surface area contributed by atoms with Crippen molar-refractivity contribution in [1.29, 1.82) is 0 Å². The lowest BCUT2D eigenvalue weighted by molar-refractivity contribution is -0.129. The summed E-state index contributed by atoms with van der Waals surface area (Å²) in [5.41, 5.74) is 0.838. The van der Waals surface area contributed by atoms with Crippen LogP contribution in [0.15, 0.2) is 36.7 Å². The maximum atomic E-state index is 12.3. The van der Waals surface area contributed by atoms with E-state index in [0.717, 1.165) is 17.9 Å². The summed E-state index contributed by atoms with van der Waals surface area (Å²) < 4.78 is 1.97. The third-order valence-corrected chi connectivity index (χ3v) is 4.12. The molecule has 1 atom stereocenters. The van der Waals surface area contributed by atoms with Crippen molar-refractivity contribution in [1.82, 2.24) is 19.8 Å². The van der Waals surface area contributed by atoms with E-state index in [1.165, 1.54) is 0 Å². The molecule has 1 aromatic heterocycles. The van der Waals surface area contributed by atoms with E-state index < -0.39 is 0 Å². The highest BCUT2D eigenvalue weighted by Crippen LogP contribution is 2.30. The minimum Gasteiger partial charge on any atom is -0.353 e. The summed E-state index contributed by atoms with van der Waals surface area (Å²) in [5.74, 6) is 0.922. The van der Waals surface area contributed by atoms with Crippen LogP contribution in [-0.2, 0) is 18.4 Å². The second-order valence-corrected chi connectivity index (χ2v) is 5.55. The average Bonchev–Trinajstić information content (AvgIpc) is 2.86. The van der Waals surface area contributed by atoms with Crippen LogP contribution in [0, 0.1) is 0 Å². The number of rotatable bonds is 3. The molecule has 0 radical (unpaired) electrons. The Hall–Kier alpha value is -1.85. The number of amides is 1. The third-order valence-electron chi connectivity index (χ3n) is 3.78. The van der Waals surface area contributed by atoms with E-state index in [4.69, 9.17) is 11.6 Å². The SMILES string of the molecule is Cn1ccnc1CN1CCNC(=O)C1c1ccccc1Cl. The van der Waals surface area contributed by atoms with Gasteiger partial charge >= 0.3 is 0 Å². The van der Waals surface area contributed by atoms with Crippen LogP contribution in [0.3, 0.4) is 0 Å². The molecule has 6 heteroatoms. The first-order valence-corrected chi connectivity index (χ1v) is 7.27. The first-order chi connectivity index (χ1) is 10.2. The van der Waals surface area contributed by atoms with Crippen molar-refractivity contribution < 1.29 is 4.79 Å². The van der Waals surface area contributed by atoms with Crippen LogP contribution in [0.1, 0.15) is 17.4 Å². The van der Waals surface area contributed by atoms with E-state index in [1.54, 1.807) is 6.20 Å². The molecule has 3 rings (SSSR count). The van der Waals surface area contributed by atoms with Gasteiger partial charge in [-0.05, 0) is 11.6 Å². The second kappa shape index (κ2) is 5.87. The van der Waals surface area contributed by atoms with Gasteiger partial charge in [0, 0.05) is 37.6 Å². The Labute approximate surface area is 128 Å². The number of nitrogens with zero attached hydrogens (tertiary/aromatic N) is 3. The van der Waals surface area contributed by atoms with Crippen LogP contribution in [0.5, 0.6) is 0 Å². The van der Waals surface area contributed by atoms with Crippen LogP contribution >= 0.6 is 11.6 Å². The first kappa shape index (κ1) is 14.1. The number of aromatic nitrogens is 2. The molecule has 21 heavy (non-hydrogen) atoms. The Morgan fingerprint density at radius 3 is 2.95 bits per heavy atom. The smallest absolute Gasteiger partial charge is 0.242 e. The predicted molar refractivity (Wildman–Crippen MR) is 80.8 cm³/mol. The topological polar surface area (TPSA) is 50.2 Å². The number of nitrogens with one attached hydrogen (secondary N) is 1. The molecule has 110 valence electrons. The predicted octanol–water partition coefficient (Wildman–Crippen LogP) is 1.75. The van der Waals surface area contributed by atoms with Crippen LogP contribution in [-0.4, -0.2) is 33.4 Å². The van der Waals surface area contributed by atoms with E-state index in [0.29, 0.717) is 18.1 Å². The molecule has 1 fully saturated rings. The number of halogens is 1. The van der Waals surface area contributed by atoms with Crippen LogP contribution in [0.2, 0.25) is 5.02 Å². The summed E-state index contributed by atoms with van der Waals surface area (Å²) in [6.45, 7) is 2.03. The zero-order chi connectivity index (χ0) is 14.8. The molecular formula is C15H17ClN4O. The van der Waals surface area contributed by atoms with Crippen molar-refractivity contribution >= 4 is 17.5 Å². The lowest BCUT2D eigenvalue weighted by atomic mass is 10.0. The monoisotopic (exact) mass is 304 g/mol. The fourth-order valence-corrected chi connectivity index (χ4v) is 2.89. The van der Waals surface area contributed by atoms with Gasteiger partial charge in [-0.3, -0.25) is 9.69 Å². The van der Waals surface area contributed by atoms with Crippen molar-refractivity contribution in [3.63, 3.8) is 0 Å². The minimum absolute atomic E-state index is 0.0106. The molecule has 1 saturated heterocycles. The van der Waals surface area contributed by atoms with Crippen LogP contribution < -0.4 is 5.32 Å². The van der Waals surface area contributed by atoms with Crippen molar-refractivity contribution in [3.8, 4) is 0 Å². The summed E-state index contributed by atoms with van der Waals surface area (Å²) in [6.07, 6.45) is 3.67. The maximum absolute atomic E-state index is 12.3. The molecule has 1 aromatic carbocycles.